The van der Waals surface area contributed by atoms with Gasteiger partial charge in [0.25, 0.3) is 0 Å². The van der Waals surface area contributed by atoms with Crippen molar-refractivity contribution in [3.05, 3.63) is 67.0 Å². The molecular formula is C22H22N6. The number of hydrogen-bond donors (Lipinski definition) is 0. The average Bonchev–Trinajstić information content (AvgIpc) is 3.18. The summed E-state index contributed by atoms with van der Waals surface area (Å²) < 4.78 is 2.01. The molecule has 0 radical (unpaired) electrons. The number of benzene rings is 1. The Kier molecular flexibility index (Phi) is 4.25. The molecule has 1 aliphatic rings. The smallest absolute Gasteiger partial charge is 0.187 e. The van der Waals surface area contributed by atoms with E-state index in [1.807, 2.05) is 28.7 Å². The van der Waals surface area contributed by atoms with Crippen LogP contribution in [0.15, 0.2) is 67.0 Å². The van der Waals surface area contributed by atoms with E-state index in [4.69, 9.17) is 0 Å². The molecule has 1 saturated heterocycles. The van der Waals surface area contributed by atoms with Gasteiger partial charge in [0.15, 0.2) is 11.5 Å². The summed E-state index contributed by atoms with van der Waals surface area (Å²) >= 11 is 0. The first-order valence-electron chi connectivity index (χ1n) is 9.58. The van der Waals surface area contributed by atoms with Crippen LogP contribution in [0.1, 0.15) is 0 Å². The highest BCUT2D eigenvalue weighted by molar-refractivity contribution is 5.68. The highest BCUT2D eigenvalue weighted by atomic mass is 15.3. The highest BCUT2D eigenvalue weighted by Gasteiger charge is 2.14. The van der Waals surface area contributed by atoms with Crippen molar-refractivity contribution in [3.8, 4) is 22.6 Å². The van der Waals surface area contributed by atoms with Crippen molar-refractivity contribution in [1.29, 1.82) is 0 Å². The van der Waals surface area contributed by atoms with E-state index in [-0.39, 0.29) is 0 Å². The van der Waals surface area contributed by atoms with Crippen LogP contribution in [-0.4, -0.2) is 57.7 Å². The number of likely N-dealkylation sites (N-methyl/N-ethyl adjacent to an activating group) is 1. The molecule has 0 spiro atoms. The van der Waals surface area contributed by atoms with Crippen molar-refractivity contribution in [2.45, 2.75) is 0 Å². The minimum atomic E-state index is 0.756. The molecule has 0 saturated carbocycles. The second-order valence-electron chi connectivity index (χ2n) is 7.22. The standard InChI is InChI=1S/C22H22N6/c1-26-12-14-27(15-13-26)19-8-5-17(6-9-19)18-7-10-21-24-25-22(28(21)16-18)20-4-2-3-11-23-20/h2-11,16H,12-15H2,1H3. The van der Waals surface area contributed by atoms with E-state index in [0.717, 1.165) is 48.9 Å². The van der Waals surface area contributed by atoms with Crippen LogP contribution in [0.4, 0.5) is 5.69 Å². The molecule has 3 aromatic heterocycles. The lowest BCUT2D eigenvalue weighted by atomic mass is 10.1. The second kappa shape index (κ2) is 7.05. The molecule has 1 fully saturated rings. The Morgan fingerprint density at radius 2 is 1.57 bits per heavy atom. The van der Waals surface area contributed by atoms with Gasteiger partial charge >= 0.3 is 0 Å². The van der Waals surface area contributed by atoms with Crippen molar-refractivity contribution in [2.24, 2.45) is 0 Å². The molecular weight excluding hydrogens is 348 g/mol. The first-order valence-corrected chi connectivity index (χ1v) is 9.58. The zero-order valence-corrected chi connectivity index (χ0v) is 15.9. The maximum absolute atomic E-state index is 4.41. The molecule has 6 heteroatoms. The molecule has 1 aromatic carbocycles. The average molecular weight is 370 g/mol. The number of aromatic nitrogens is 4. The third kappa shape index (κ3) is 3.12. The zero-order chi connectivity index (χ0) is 18.9. The van der Waals surface area contributed by atoms with Crippen LogP contribution in [0.5, 0.6) is 0 Å². The van der Waals surface area contributed by atoms with Gasteiger partial charge in [-0.15, -0.1) is 10.2 Å². The van der Waals surface area contributed by atoms with Crippen molar-refractivity contribution in [1.82, 2.24) is 24.5 Å². The van der Waals surface area contributed by atoms with Crippen molar-refractivity contribution in [3.63, 3.8) is 0 Å². The topological polar surface area (TPSA) is 49.6 Å². The van der Waals surface area contributed by atoms with Gasteiger partial charge in [0.1, 0.15) is 5.69 Å². The fourth-order valence-corrected chi connectivity index (χ4v) is 3.66. The zero-order valence-electron chi connectivity index (χ0n) is 15.9. The summed E-state index contributed by atoms with van der Waals surface area (Å²) in [5, 5.41) is 8.60. The van der Waals surface area contributed by atoms with Crippen LogP contribution >= 0.6 is 0 Å². The first kappa shape index (κ1) is 16.9. The summed E-state index contributed by atoms with van der Waals surface area (Å²) in [6.45, 7) is 4.39. The molecule has 1 aliphatic heterocycles. The van der Waals surface area contributed by atoms with E-state index in [1.54, 1.807) is 6.20 Å². The normalized spacial score (nSPS) is 15.2. The van der Waals surface area contributed by atoms with Gasteiger partial charge in [0.05, 0.1) is 0 Å². The van der Waals surface area contributed by atoms with Crippen LogP contribution in [0, 0.1) is 0 Å². The molecule has 6 nitrogen and oxygen atoms in total. The summed E-state index contributed by atoms with van der Waals surface area (Å²) in [5.74, 6) is 0.756. The Hall–Kier alpha value is -3.25. The Balaban J connectivity index is 1.46. The number of anilines is 1. The van der Waals surface area contributed by atoms with Crippen molar-refractivity contribution >= 4 is 11.3 Å². The molecule has 4 aromatic rings. The summed E-state index contributed by atoms with van der Waals surface area (Å²) in [5.41, 5.74) is 5.24. The molecule has 0 N–H and O–H groups in total. The van der Waals surface area contributed by atoms with Gasteiger partial charge in [0, 0.05) is 44.3 Å². The molecule has 0 bridgehead atoms. The Morgan fingerprint density at radius 3 is 2.32 bits per heavy atom. The van der Waals surface area contributed by atoms with E-state index in [2.05, 4.69) is 68.6 Å². The summed E-state index contributed by atoms with van der Waals surface area (Å²) in [6.07, 6.45) is 3.86. The van der Waals surface area contributed by atoms with Gasteiger partial charge in [-0.3, -0.25) is 9.38 Å². The lowest BCUT2D eigenvalue weighted by Crippen LogP contribution is -2.44. The lowest BCUT2D eigenvalue weighted by Gasteiger charge is -2.34. The molecule has 0 aliphatic carbocycles. The largest absolute Gasteiger partial charge is 0.369 e. The maximum atomic E-state index is 4.41. The SMILES string of the molecule is CN1CCN(c2ccc(-c3ccc4nnc(-c5ccccn5)n4c3)cc2)CC1. The van der Waals surface area contributed by atoms with E-state index < -0.39 is 0 Å². The van der Waals surface area contributed by atoms with E-state index >= 15 is 0 Å². The minimum Gasteiger partial charge on any atom is -0.369 e. The maximum Gasteiger partial charge on any atom is 0.187 e. The number of rotatable bonds is 3. The van der Waals surface area contributed by atoms with Crippen LogP contribution in [0.3, 0.4) is 0 Å². The van der Waals surface area contributed by atoms with Crippen molar-refractivity contribution in [2.75, 3.05) is 38.1 Å². The Labute approximate surface area is 164 Å². The summed E-state index contributed by atoms with van der Waals surface area (Å²) in [6, 6.07) is 18.7. The molecule has 5 rings (SSSR count). The van der Waals surface area contributed by atoms with E-state index in [1.165, 1.54) is 11.3 Å². The first-order chi connectivity index (χ1) is 13.8. The third-order valence-corrected chi connectivity index (χ3v) is 5.37. The fraction of sp³-hybridized carbons (Fsp3) is 0.227. The Morgan fingerprint density at radius 1 is 0.786 bits per heavy atom. The van der Waals surface area contributed by atoms with Gasteiger partial charge in [0.2, 0.25) is 0 Å². The van der Waals surface area contributed by atoms with Crippen LogP contribution in [0.2, 0.25) is 0 Å². The molecule has 0 unspecified atom stereocenters. The molecule has 4 heterocycles. The number of fused-ring (bicyclic) bond motifs is 1. The summed E-state index contributed by atoms with van der Waals surface area (Å²) in [7, 11) is 2.18. The van der Waals surface area contributed by atoms with Gasteiger partial charge in [-0.25, -0.2) is 0 Å². The molecule has 0 amide bonds. The quantitative estimate of drug-likeness (QED) is 0.554. The predicted octanol–water partition coefficient (Wildman–Crippen LogP) is 3.21. The number of piperazine rings is 1. The van der Waals surface area contributed by atoms with Gasteiger partial charge < -0.3 is 9.80 Å². The fourth-order valence-electron chi connectivity index (χ4n) is 3.66. The Bertz CT molecular complexity index is 1080. The molecule has 140 valence electrons. The summed E-state index contributed by atoms with van der Waals surface area (Å²) in [4.78, 5) is 9.23. The monoisotopic (exact) mass is 370 g/mol. The number of hydrogen-bond acceptors (Lipinski definition) is 5. The van der Waals surface area contributed by atoms with Crippen LogP contribution in [-0.2, 0) is 0 Å². The van der Waals surface area contributed by atoms with Crippen LogP contribution in [0.25, 0.3) is 28.3 Å². The van der Waals surface area contributed by atoms with Crippen LogP contribution < -0.4 is 4.90 Å². The van der Waals surface area contributed by atoms with Gasteiger partial charge in [-0.05, 0) is 54.6 Å². The van der Waals surface area contributed by atoms with E-state index in [9.17, 15) is 0 Å². The third-order valence-electron chi connectivity index (χ3n) is 5.37. The predicted molar refractivity (Wildman–Crippen MR) is 111 cm³/mol. The van der Waals surface area contributed by atoms with E-state index in [0.29, 0.717) is 0 Å². The van der Waals surface area contributed by atoms with Gasteiger partial charge in [-0.2, -0.15) is 0 Å². The van der Waals surface area contributed by atoms with Gasteiger partial charge in [-0.1, -0.05) is 18.2 Å². The number of pyridine rings is 2. The second-order valence-corrected chi connectivity index (χ2v) is 7.22. The number of nitrogens with zero attached hydrogens (tertiary/aromatic N) is 6. The molecule has 28 heavy (non-hydrogen) atoms. The minimum absolute atomic E-state index is 0.756. The van der Waals surface area contributed by atoms with Crippen molar-refractivity contribution < 1.29 is 0 Å². The highest BCUT2D eigenvalue weighted by Crippen LogP contribution is 2.25. The lowest BCUT2D eigenvalue weighted by molar-refractivity contribution is 0.313. The molecule has 0 atom stereocenters.